The molecule has 2 saturated carbocycles. The summed E-state index contributed by atoms with van der Waals surface area (Å²) in [6, 6.07) is 13.2. The van der Waals surface area contributed by atoms with Crippen LogP contribution in [0.15, 0.2) is 59.4 Å². The number of nitrogens with two attached hydrogens (primary N) is 1. The van der Waals surface area contributed by atoms with Crippen LogP contribution in [0.25, 0.3) is 5.76 Å². The molecular formula is C35H40N2O7. The van der Waals surface area contributed by atoms with E-state index in [0.717, 1.165) is 32.1 Å². The number of hydrogen-bond donors (Lipinski definition) is 5. The van der Waals surface area contributed by atoms with Gasteiger partial charge in [-0.3, -0.25) is 19.3 Å². The third-order valence-electron chi connectivity index (χ3n) is 10.5. The predicted octanol–water partition coefficient (Wildman–Crippen LogP) is 3.56. The molecule has 6 N–H and O–H groups in total. The maximum absolute atomic E-state index is 14.0. The number of ketones is 2. The van der Waals surface area contributed by atoms with Crippen molar-refractivity contribution in [1.82, 2.24) is 4.90 Å². The van der Waals surface area contributed by atoms with Gasteiger partial charge in [0, 0.05) is 11.5 Å². The van der Waals surface area contributed by atoms with Gasteiger partial charge in [0.2, 0.25) is 5.78 Å². The lowest BCUT2D eigenvalue weighted by molar-refractivity contribution is -0.153. The molecule has 0 aromatic heterocycles. The Morgan fingerprint density at radius 2 is 1.59 bits per heavy atom. The lowest BCUT2D eigenvalue weighted by Crippen LogP contribution is -2.65. The highest BCUT2D eigenvalue weighted by Crippen LogP contribution is 2.53. The van der Waals surface area contributed by atoms with Gasteiger partial charge in [0.1, 0.15) is 22.8 Å². The summed E-state index contributed by atoms with van der Waals surface area (Å²) in [5.74, 6) is -5.22. The molecule has 0 radical (unpaired) electrons. The zero-order chi connectivity index (χ0) is 31.5. The molecule has 2 aromatic rings. The van der Waals surface area contributed by atoms with E-state index in [1.165, 1.54) is 10.5 Å². The summed E-state index contributed by atoms with van der Waals surface area (Å²) in [6.07, 6.45) is 6.38. The van der Waals surface area contributed by atoms with E-state index in [4.69, 9.17) is 5.73 Å². The number of aromatic hydroxyl groups is 1. The summed E-state index contributed by atoms with van der Waals surface area (Å²) >= 11 is 0. The number of likely N-dealkylation sites (N-methyl/N-ethyl adjacent to an activating group) is 1. The molecule has 4 aliphatic carbocycles. The second kappa shape index (κ2) is 11.2. The Kier molecular flexibility index (Phi) is 7.66. The van der Waals surface area contributed by atoms with Crippen LogP contribution < -0.4 is 5.73 Å². The molecule has 1 amide bonds. The van der Waals surface area contributed by atoms with Crippen molar-refractivity contribution in [2.24, 2.45) is 29.4 Å². The van der Waals surface area contributed by atoms with Crippen LogP contribution in [0.4, 0.5) is 0 Å². The smallest absolute Gasteiger partial charge is 0.255 e. The molecule has 44 heavy (non-hydrogen) atoms. The molecule has 9 nitrogen and oxygen atoms in total. The van der Waals surface area contributed by atoms with Crippen LogP contribution in [0, 0.1) is 23.7 Å². The van der Waals surface area contributed by atoms with Gasteiger partial charge in [0.15, 0.2) is 11.4 Å². The molecule has 0 bridgehead atoms. The molecule has 6 rings (SSSR count). The molecule has 2 fully saturated rings. The van der Waals surface area contributed by atoms with Crippen LogP contribution in [0.3, 0.4) is 0 Å². The van der Waals surface area contributed by atoms with E-state index in [2.05, 4.69) is 24.3 Å². The molecule has 4 aliphatic rings. The van der Waals surface area contributed by atoms with Gasteiger partial charge in [-0.1, -0.05) is 42.5 Å². The SMILES string of the molecule is CN(C)[C@H]1C(=O)C(C(N)=O)=C(O)[C@]2(O)C(=O)C3=C(O)c4c(ccc(CC5CCC(Cc6ccccc6)CC5)c4O)C[C@@H]3C[C@H]12. The van der Waals surface area contributed by atoms with Crippen molar-refractivity contribution in [2.45, 2.75) is 63.0 Å². The Morgan fingerprint density at radius 1 is 0.955 bits per heavy atom. The van der Waals surface area contributed by atoms with Crippen LogP contribution >= 0.6 is 0 Å². The number of benzene rings is 2. The maximum Gasteiger partial charge on any atom is 0.255 e. The largest absolute Gasteiger partial charge is 0.508 e. The number of aliphatic hydroxyl groups is 3. The van der Waals surface area contributed by atoms with Crippen molar-refractivity contribution < 1.29 is 34.8 Å². The Labute approximate surface area is 256 Å². The van der Waals surface area contributed by atoms with E-state index < -0.39 is 58.0 Å². The molecule has 232 valence electrons. The zero-order valence-electron chi connectivity index (χ0n) is 25.1. The maximum atomic E-state index is 14.0. The van der Waals surface area contributed by atoms with Crippen LogP contribution in [0.1, 0.15) is 54.4 Å². The average molecular weight is 601 g/mol. The van der Waals surface area contributed by atoms with Crippen molar-refractivity contribution in [2.75, 3.05) is 14.1 Å². The van der Waals surface area contributed by atoms with Gasteiger partial charge in [0.25, 0.3) is 5.91 Å². The van der Waals surface area contributed by atoms with Gasteiger partial charge in [-0.25, -0.2) is 0 Å². The van der Waals surface area contributed by atoms with Crippen molar-refractivity contribution >= 4 is 23.2 Å². The summed E-state index contributed by atoms with van der Waals surface area (Å²) in [7, 11) is 3.17. The average Bonchev–Trinajstić information content (AvgIpc) is 2.97. The number of phenolic OH excluding ortho intramolecular Hbond substituents is 1. The summed E-state index contributed by atoms with van der Waals surface area (Å²) in [5, 5.41) is 45.8. The van der Waals surface area contributed by atoms with Crippen molar-refractivity contribution in [3.05, 3.63) is 81.6 Å². The highest BCUT2D eigenvalue weighted by molar-refractivity contribution is 6.24. The minimum atomic E-state index is -2.63. The first-order valence-electron chi connectivity index (χ1n) is 15.5. The third-order valence-corrected chi connectivity index (χ3v) is 10.5. The minimum Gasteiger partial charge on any atom is -0.508 e. The molecule has 2 aromatic carbocycles. The van der Waals surface area contributed by atoms with E-state index >= 15 is 0 Å². The first-order valence-corrected chi connectivity index (χ1v) is 15.5. The topological polar surface area (TPSA) is 161 Å². The Morgan fingerprint density at radius 3 is 2.20 bits per heavy atom. The molecule has 4 atom stereocenters. The fraction of sp³-hybridized carbons (Fsp3) is 0.457. The number of fused-ring (bicyclic) bond motifs is 3. The van der Waals surface area contributed by atoms with Crippen molar-refractivity contribution in [1.29, 1.82) is 0 Å². The highest BCUT2D eigenvalue weighted by atomic mass is 16.3. The first kappa shape index (κ1) is 30.1. The minimum absolute atomic E-state index is 0.0816. The Balaban J connectivity index is 1.28. The van der Waals surface area contributed by atoms with E-state index in [0.29, 0.717) is 35.8 Å². The van der Waals surface area contributed by atoms with Crippen LogP contribution in [0.2, 0.25) is 0 Å². The van der Waals surface area contributed by atoms with Gasteiger partial charge in [-0.15, -0.1) is 0 Å². The molecule has 9 heteroatoms. The number of amides is 1. The van der Waals surface area contributed by atoms with Crippen LogP contribution in [-0.4, -0.2) is 68.5 Å². The zero-order valence-corrected chi connectivity index (χ0v) is 25.1. The molecule has 0 spiro atoms. The summed E-state index contributed by atoms with van der Waals surface area (Å²) in [6.45, 7) is 0. The van der Waals surface area contributed by atoms with Crippen LogP contribution in [0.5, 0.6) is 5.75 Å². The molecule has 0 unspecified atom stereocenters. The number of carbonyl (C=O) groups excluding carboxylic acids is 3. The molecule has 0 aliphatic heterocycles. The number of carbonyl (C=O) groups is 3. The summed E-state index contributed by atoms with van der Waals surface area (Å²) in [5.41, 5.74) is 4.72. The predicted molar refractivity (Wildman–Crippen MR) is 164 cm³/mol. The van der Waals surface area contributed by atoms with Gasteiger partial charge in [-0.2, -0.15) is 0 Å². The number of aliphatic hydroxyl groups excluding tert-OH is 2. The van der Waals surface area contributed by atoms with Crippen molar-refractivity contribution in [3.63, 3.8) is 0 Å². The molecular weight excluding hydrogens is 560 g/mol. The van der Waals surface area contributed by atoms with Gasteiger partial charge in [0.05, 0.1) is 11.6 Å². The number of hydrogen-bond acceptors (Lipinski definition) is 8. The summed E-state index contributed by atoms with van der Waals surface area (Å²) in [4.78, 5) is 40.9. The second-order valence-electron chi connectivity index (χ2n) is 13.3. The van der Waals surface area contributed by atoms with E-state index in [-0.39, 0.29) is 23.3 Å². The quantitative estimate of drug-likeness (QED) is 0.315. The third kappa shape index (κ3) is 4.73. The second-order valence-corrected chi connectivity index (χ2v) is 13.3. The standard InChI is InChI=1S/C35H40N2O7/c1-37(2)28-24-17-23-16-21-12-13-22(15-20-10-8-19(9-11-20)14-18-6-4-3-5-7-18)29(38)25(21)30(39)26(23)32(41)35(24,44)33(42)27(31(28)40)34(36)43/h3-7,12-13,19-20,23-24,28,38-39,42,44H,8-11,14-17H2,1-2H3,(H2,36,43)/t19?,20?,23-,24-,28-,35-/m1/s1. The number of nitrogens with zero attached hydrogens (tertiary/aromatic N) is 1. The Hall–Kier alpha value is -3.95. The first-order chi connectivity index (χ1) is 20.9. The fourth-order valence-corrected chi connectivity index (χ4v) is 8.32. The molecule has 0 saturated heterocycles. The number of phenols is 1. The molecule has 0 heterocycles. The van der Waals surface area contributed by atoms with E-state index in [1.54, 1.807) is 14.1 Å². The lowest BCUT2D eigenvalue weighted by Gasteiger charge is -2.50. The summed E-state index contributed by atoms with van der Waals surface area (Å²) < 4.78 is 0. The van der Waals surface area contributed by atoms with Gasteiger partial charge in [-0.05, 0) is 99.9 Å². The number of rotatable bonds is 6. The van der Waals surface area contributed by atoms with Gasteiger partial charge < -0.3 is 26.2 Å². The van der Waals surface area contributed by atoms with Crippen LogP contribution in [-0.2, 0) is 33.6 Å². The van der Waals surface area contributed by atoms with E-state index in [9.17, 15) is 34.8 Å². The normalized spacial score (nSPS) is 30.2. The Bertz CT molecular complexity index is 1590. The number of primary amides is 1. The monoisotopic (exact) mass is 600 g/mol. The van der Waals surface area contributed by atoms with Crippen molar-refractivity contribution in [3.8, 4) is 5.75 Å². The number of Topliss-reactive ketones (excluding diaryl/α,β-unsaturated/α-hetero) is 2. The fourth-order valence-electron chi connectivity index (χ4n) is 8.32. The highest BCUT2D eigenvalue weighted by Gasteiger charge is 2.64. The lowest BCUT2D eigenvalue weighted by atomic mass is 9.57. The van der Waals surface area contributed by atoms with E-state index in [1.807, 2.05) is 18.2 Å². The van der Waals surface area contributed by atoms with Gasteiger partial charge >= 0.3 is 0 Å².